The molecule has 0 amide bonds. The molecular formula is C13H16N2O. The van der Waals surface area contributed by atoms with Crippen molar-refractivity contribution >= 4 is 5.78 Å². The highest BCUT2D eigenvalue weighted by Crippen LogP contribution is 2.33. The number of hydrogen-bond acceptors (Lipinski definition) is 3. The van der Waals surface area contributed by atoms with Gasteiger partial charge in [0.15, 0.2) is 5.78 Å². The third-order valence-electron chi connectivity index (χ3n) is 3.71. The van der Waals surface area contributed by atoms with E-state index in [1.54, 1.807) is 6.20 Å². The molecule has 0 aromatic carbocycles. The van der Waals surface area contributed by atoms with Crippen molar-refractivity contribution in [3.8, 4) is 0 Å². The van der Waals surface area contributed by atoms with E-state index < -0.39 is 0 Å². The Kier molecular flexibility index (Phi) is 2.48. The largest absolute Gasteiger partial charge is 0.307 e. The average molecular weight is 216 g/mol. The summed E-state index contributed by atoms with van der Waals surface area (Å²) in [4.78, 5) is 16.7. The van der Waals surface area contributed by atoms with Crippen LogP contribution >= 0.6 is 0 Å². The Labute approximate surface area is 95.3 Å². The Morgan fingerprint density at radius 2 is 2.38 bits per heavy atom. The van der Waals surface area contributed by atoms with E-state index in [4.69, 9.17) is 0 Å². The first kappa shape index (κ1) is 9.97. The lowest BCUT2D eigenvalue weighted by atomic mass is 9.95. The van der Waals surface area contributed by atoms with Crippen LogP contribution in [0.1, 0.15) is 36.4 Å². The summed E-state index contributed by atoms with van der Waals surface area (Å²) < 4.78 is 0. The van der Waals surface area contributed by atoms with E-state index in [0.717, 1.165) is 37.9 Å². The number of rotatable bonds is 2. The van der Waals surface area contributed by atoms with Gasteiger partial charge in [0.1, 0.15) is 0 Å². The van der Waals surface area contributed by atoms with Crippen molar-refractivity contribution in [1.29, 1.82) is 0 Å². The molecule has 1 aliphatic heterocycles. The topological polar surface area (TPSA) is 42.0 Å². The zero-order chi connectivity index (χ0) is 11.0. The summed E-state index contributed by atoms with van der Waals surface area (Å²) in [6.45, 7) is 0.984. The fourth-order valence-electron chi connectivity index (χ4n) is 2.86. The predicted octanol–water partition coefficient (Wildman–Crippen LogP) is 1.43. The first-order chi connectivity index (χ1) is 7.86. The van der Waals surface area contributed by atoms with Crippen LogP contribution in [0.25, 0.3) is 0 Å². The smallest absolute Gasteiger partial charge is 0.158 e. The number of ketones is 1. The van der Waals surface area contributed by atoms with Crippen LogP contribution in [-0.2, 0) is 11.2 Å². The molecule has 3 nitrogen and oxygen atoms in total. The van der Waals surface area contributed by atoms with Gasteiger partial charge in [-0.05, 0) is 43.9 Å². The molecule has 16 heavy (non-hydrogen) atoms. The van der Waals surface area contributed by atoms with Gasteiger partial charge in [-0.2, -0.15) is 0 Å². The van der Waals surface area contributed by atoms with Crippen LogP contribution in [0.5, 0.6) is 0 Å². The fourth-order valence-corrected chi connectivity index (χ4v) is 2.86. The van der Waals surface area contributed by atoms with Crippen molar-refractivity contribution in [2.45, 2.75) is 37.6 Å². The van der Waals surface area contributed by atoms with Gasteiger partial charge >= 0.3 is 0 Å². The van der Waals surface area contributed by atoms with Gasteiger partial charge in [-0.15, -0.1) is 0 Å². The Bertz CT molecular complexity index is 410. The van der Waals surface area contributed by atoms with Gasteiger partial charge in [-0.25, -0.2) is 0 Å². The standard InChI is InChI=1S/C13H16N2O/c16-13(11-4-2-7-14-11)10-6-5-9-3-1-8-15-12(9)10/h1,3,8,10-11,14H,2,4-7H2. The van der Waals surface area contributed by atoms with Gasteiger partial charge in [0.2, 0.25) is 0 Å². The van der Waals surface area contributed by atoms with E-state index in [9.17, 15) is 4.79 Å². The molecule has 3 rings (SSSR count). The van der Waals surface area contributed by atoms with Gasteiger partial charge in [0.05, 0.1) is 17.7 Å². The zero-order valence-corrected chi connectivity index (χ0v) is 9.28. The van der Waals surface area contributed by atoms with Crippen LogP contribution in [0.2, 0.25) is 0 Å². The zero-order valence-electron chi connectivity index (χ0n) is 9.28. The van der Waals surface area contributed by atoms with Gasteiger partial charge in [0, 0.05) is 6.20 Å². The second kappa shape index (κ2) is 3.98. The number of aryl methyl sites for hydroxylation is 1. The van der Waals surface area contributed by atoms with Gasteiger partial charge < -0.3 is 5.32 Å². The molecule has 1 aromatic heterocycles. The molecule has 2 atom stereocenters. The summed E-state index contributed by atoms with van der Waals surface area (Å²) >= 11 is 0. The second-order valence-electron chi connectivity index (χ2n) is 4.69. The molecule has 1 fully saturated rings. The maximum atomic E-state index is 12.3. The highest BCUT2D eigenvalue weighted by molar-refractivity contribution is 5.91. The maximum Gasteiger partial charge on any atom is 0.158 e. The number of carbonyl (C=O) groups is 1. The Morgan fingerprint density at radius 1 is 1.44 bits per heavy atom. The molecule has 84 valence electrons. The number of nitrogens with zero attached hydrogens (tertiary/aromatic N) is 1. The van der Waals surface area contributed by atoms with E-state index in [2.05, 4.69) is 16.4 Å². The maximum absolute atomic E-state index is 12.3. The number of pyridine rings is 1. The molecule has 2 unspecified atom stereocenters. The first-order valence-corrected chi connectivity index (χ1v) is 6.07. The average Bonchev–Trinajstić information content (AvgIpc) is 2.98. The molecule has 1 N–H and O–H groups in total. The molecule has 1 aliphatic carbocycles. The molecule has 1 saturated heterocycles. The number of carbonyl (C=O) groups excluding carboxylic acids is 1. The summed E-state index contributed by atoms with van der Waals surface area (Å²) in [5.41, 5.74) is 2.29. The van der Waals surface area contributed by atoms with Crippen LogP contribution < -0.4 is 5.32 Å². The Hall–Kier alpha value is -1.22. The number of Topliss-reactive ketones (excluding diaryl/α,β-unsaturated/α-hetero) is 1. The van der Waals surface area contributed by atoms with E-state index in [1.807, 2.05) is 6.07 Å². The summed E-state index contributed by atoms with van der Waals surface area (Å²) in [5, 5.41) is 3.29. The number of nitrogens with one attached hydrogen (secondary N) is 1. The van der Waals surface area contributed by atoms with Gasteiger partial charge in [-0.1, -0.05) is 6.07 Å². The van der Waals surface area contributed by atoms with Crippen molar-refractivity contribution in [3.05, 3.63) is 29.6 Å². The molecule has 0 bridgehead atoms. The molecule has 0 saturated carbocycles. The lowest BCUT2D eigenvalue weighted by molar-refractivity contribution is -0.122. The summed E-state index contributed by atoms with van der Waals surface area (Å²) in [6, 6.07) is 4.13. The molecule has 0 spiro atoms. The van der Waals surface area contributed by atoms with Crippen molar-refractivity contribution in [1.82, 2.24) is 10.3 Å². The summed E-state index contributed by atoms with van der Waals surface area (Å²) in [6.07, 6.45) is 5.87. The Morgan fingerprint density at radius 3 is 3.19 bits per heavy atom. The third-order valence-corrected chi connectivity index (χ3v) is 3.71. The number of aromatic nitrogens is 1. The van der Waals surface area contributed by atoms with E-state index >= 15 is 0 Å². The van der Waals surface area contributed by atoms with Gasteiger partial charge in [-0.3, -0.25) is 9.78 Å². The molecule has 1 aromatic rings. The van der Waals surface area contributed by atoms with Crippen molar-refractivity contribution in [3.63, 3.8) is 0 Å². The Balaban J connectivity index is 1.84. The van der Waals surface area contributed by atoms with E-state index in [0.29, 0.717) is 5.78 Å². The molecule has 2 heterocycles. The summed E-state index contributed by atoms with van der Waals surface area (Å²) in [5.74, 6) is 0.404. The third kappa shape index (κ3) is 1.55. The minimum absolute atomic E-state index is 0.0480. The minimum Gasteiger partial charge on any atom is -0.307 e. The van der Waals surface area contributed by atoms with Crippen LogP contribution in [0.3, 0.4) is 0 Å². The normalized spacial score (nSPS) is 28.0. The molecule has 2 aliphatic rings. The van der Waals surface area contributed by atoms with Crippen LogP contribution in [0, 0.1) is 0 Å². The molecule has 3 heteroatoms. The van der Waals surface area contributed by atoms with Crippen LogP contribution in [-0.4, -0.2) is 23.4 Å². The van der Waals surface area contributed by atoms with Crippen molar-refractivity contribution in [2.75, 3.05) is 6.54 Å². The van der Waals surface area contributed by atoms with Crippen molar-refractivity contribution < 1.29 is 4.79 Å². The summed E-state index contributed by atoms with van der Waals surface area (Å²) in [7, 11) is 0. The van der Waals surface area contributed by atoms with Crippen LogP contribution in [0.4, 0.5) is 0 Å². The van der Waals surface area contributed by atoms with Crippen molar-refractivity contribution in [2.24, 2.45) is 0 Å². The fraction of sp³-hybridized carbons (Fsp3) is 0.538. The quantitative estimate of drug-likeness (QED) is 0.813. The van der Waals surface area contributed by atoms with E-state index in [-0.39, 0.29) is 12.0 Å². The first-order valence-electron chi connectivity index (χ1n) is 6.07. The highest BCUT2D eigenvalue weighted by Gasteiger charge is 2.34. The SMILES string of the molecule is O=C(C1CCCN1)C1CCc2cccnc21. The minimum atomic E-state index is 0.0480. The lowest BCUT2D eigenvalue weighted by Gasteiger charge is -2.14. The molecular weight excluding hydrogens is 200 g/mol. The predicted molar refractivity (Wildman–Crippen MR) is 61.3 cm³/mol. The number of fused-ring (bicyclic) bond motifs is 1. The highest BCUT2D eigenvalue weighted by atomic mass is 16.1. The monoisotopic (exact) mass is 216 g/mol. The molecule has 0 radical (unpaired) electrons. The second-order valence-corrected chi connectivity index (χ2v) is 4.69. The van der Waals surface area contributed by atoms with E-state index in [1.165, 1.54) is 5.56 Å². The van der Waals surface area contributed by atoms with Crippen LogP contribution in [0.15, 0.2) is 18.3 Å². The van der Waals surface area contributed by atoms with Gasteiger partial charge in [0.25, 0.3) is 0 Å². The number of hydrogen-bond donors (Lipinski definition) is 1. The lowest BCUT2D eigenvalue weighted by Crippen LogP contribution is -2.34.